The van der Waals surface area contributed by atoms with Gasteiger partial charge in [-0.2, -0.15) is 0 Å². The number of nitrogens with zero attached hydrogens (tertiary/aromatic N) is 2. The van der Waals surface area contributed by atoms with Crippen molar-refractivity contribution in [3.05, 3.63) is 290 Å². The maximum absolute atomic E-state index is 6.89. The Balaban J connectivity index is 0.743. The highest BCUT2D eigenvalue weighted by Gasteiger charge is 2.26. The summed E-state index contributed by atoms with van der Waals surface area (Å²) in [5, 5.41) is 18.2. The molecule has 15 aromatic carbocycles. The predicted molar refractivity (Wildman–Crippen MR) is 419 cm³/mol. The maximum atomic E-state index is 6.89. The van der Waals surface area contributed by atoms with Crippen molar-refractivity contribution in [2.45, 2.75) is 52.4 Å². The van der Waals surface area contributed by atoms with Gasteiger partial charge < -0.3 is 27.5 Å². The summed E-state index contributed by atoms with van der Waals surface area (Å²) in [7, 11) is 0. The molecule has 0 saturated heterocycles. The van der Waals surface area contributed by atoms with Crippen LogP contribution < -0.4 is 9.80 Å². The van der Waals surface area contributed by atoms with Crippen LogP contribution in [0.25, 0.3) is 162 Å². The zero-order chi connectivity index (χ0) is 66.2. The Bertz CT molecular complexity index is 6760. The minimum atomic E-state index is 0.0521. The summed E-state index contributed by atoms with van der Waals surface area (Å²) in [5.74, 6) is 0. The zero-order valence-corrected chi connectivity index (χ0v) is 56.3. The Morgan fingerprint density at radius 3 is 1.18 bits per heavy atom. The first-order valence-corrected chi connectivity index (χ1v) is 34.9. The molecule has 0 N–H and O–H groups in total. The van der Waals surface area contributed by atoms with Crippen molar-refractivity contribution in [3.63, 3.8) is 0 Å². The molecule has 0 amide bonds. The number of anilines is 6. The van der Waals surface area contributed by atoms with Crippen molar-refractivity contribution in [2.75, 3.05) is 9.80 Å². The first kappa shape index (κ1) is 57.4. The van der Waals surface area contributed by atoms with E-state index >= 15 is 0 Å². The first-order valence-electron chi connectivity index (χ1n) is 34.1. The molecule has 0 aliphatic heterocycles. The Morgan fingerprint density at radius 1 is 0.242 bits per heavy atom. The lowest BCUT2D eigenvalue weighted by Gasteiger charge is -2.26. The monoisotopic (exact) mass is 1290 g/mol. The molecule has 0 saturated carbocycles. The van der Waals surface area contributed by atoms with E-state index in [-0.39, 0.29) is 10.8 Å². The standard InChI is InChI=1S/C92H64N2O4S/c1-91(2,3)55-32-28-53(29-33-55)62-20-13-22-70-76-48-59(38-43-84(76)96-88(62)70)93(58-37-42-83-75(47-58)68-19-10-11-26-81(68)95-83)57-36-41-66-72(46-57)64-16-7-8-17-65(64)73-51-79-78-50-61(40-45-86(78)99-87(79)52-74(66)73)94(80-25-15-24-69-67-18-9-12-27-82(67)98-90(69)80)60-39-44-85-77(49-60)71-23-14-21-63(89(71)97-85)54-30-34-56(35-31-54)92(4,5)6/h7-52H,1-6H3. The van der Waals surface area contributed by atoms with Crippen molar-refractivity contribution >= 4 is 186 Å². The molecule has 0 aliphatic rings. The molecule has 0 fully saturated rings. The van der Waals surface area contributed by atoms with E-state index in [0.29, 0.717) is 0 Å². The van der Waals surface area contributed by atoms with Gasteiger partial charge >= 0.3 is 0 Å². The summed E-state index contributed by atoms with van der Waals surface area (Å²) >= 11 is 1.85. The lowest BCUT2D eigenvalue weighted by Crippen LogP contribution is -2.10. The number of hydrogen-bond donors (Lipinski definition) is 0. The van der Waals surface area contributed by atoms with Gasteiger partial charge in [-0.05, 0) is 181 Å². The van der Waals surface area contributed by atoms with Gasteiger partial charge in [0.15, 0.2) is 5.58 Å². The summed E-state index contributed by atoms with van der Waals surface area (Å²) in [6.07, 6.45) is 0. The van der Waals surface area contributed by atoms with Gasteiger partial charge in [-0.3, -0.25) is 0 Å². The number of fused-ring (bicyclic) bond motifs is 21. The van der Waals surface area contributed by atoms with Crippen LogP contribution in [0.1, 0.15) is 52.7 Å². The number of thiophene rings is 1. The molecule has 5 aromatic heterocycles. The second kappa shape index (κ2) is 21.3. The molecule has 0 radical (unpaired) electrons. The van der Waals surface area contributed by atoms with Crippen LogP contribution in [0.15, 0.2) is 297 Å². The van der Waals surface area contributed by atoms with E-state index in [0.717, 1.165) is 144 Å². The quantitative estimate of drug-likeness (QED) is 0.141. The molecule has 0 aliphatic carbocycles. The molecule has 0 atom stereocenters. The fourth-order valence-corrected chi connectivity index (χ4v) is 16.8. The Labute approximate surface area is 574 Å². The molecule has 5 heterocycles. The Kier molecular flexibility index (Phi) is 12.3. The second-order valence-corrected chi connectivity index (χ2v) is 29.8. The molecule has 20 aromatic rings. The smallest absolute Gasteiger partial charge is 0.159 e. The van der Waals surface area contributed by atoms with E-state index in [4.69, 9.17) is 17.7 Å². The highest BCUT2D eigenvalue weighted by Crippen LogP contribution is 2.50. The average molecular weight is 1290 g/mol. The lowest BCUT2D eigenvalue weighted by atomic mass is 9.86. The van der Waals surface area contributed by atoms with Crippen LogP contribution >= 0.6 is 11.3 Å². The fraction of sp³-hybridized carbons (Fsp3) is 0.0870. The number of furan rings is 4. The van der Waals surface area contributed by atoms with Gasteiger partial charge in [-0.1, -0.05) is 205 Å². The molecule has 7 heteroatoms. The second-order valence-electron chi connectivity index (χ2n) is 28.7. The van der Waals surface area contributed by atoms with E-state index in [1.54, 1.807) is 0 Å². The van der Waals surface area contributed by atoms with Crippen LogP contribution in [0.2, 0.25) is 0 Å². The van der Waals surface area contributed by atoms with Crippen LogP contribution in [0.4, 0.5) is 34.1 Å². The third-order valence-corrected chi connectivity index (χ3v) is 21.9. The number of benzene rings is 15. The Hall–Kier alpha value is -11.9. The largest absolute Gasteiger partial charge is 0.456 e. The van der Waals surface area contributed by atoms with Crippen LogP contribution in [0, 0.1) is 0 Å². The fourth-order valence-electron chi connectivity index (χ4n) is 15.7. The molecule has 6 nitrogen and oxygen atoms in total. The van der Waals surface area contributed by atoms with Crippen LogP contribution in [-0.4, -0.2) is 0 Å². The molecule has 20 rings (SSSR count). The molecule has 472 valence electrons. The summed E-state index contributed by atoms with van der Waals surface area (Å²) in [6.45, 7) is 13.5. The Morgan fingerprint density at radius 2 is 0.616 bits per heavy atom. The summed E-state index contributed by atoms with van der Waals surface area (Å²) < 4.78 is 29.5. The zero-order valence-electron chi connectivity index (χ0n) is 55.5. The molecule has 0 spiro atoms. The maximum Gasteiger partial charge on any atom is 0.159 e. The van der Waals surface area contributed by atoms with Gasteiger partial charge in [0.25, 0.3) is 0 Å². The van der Waals surface area contributed by atoms with Gasteiger partial charge in [-0.25, -0.2) is 0 Å². The topological polar surface area (TPSA) is 59.0 Å². The summed E-state index contributed by atoms with van der Waals surface area (Å²) in [4.78, 5) is 4.78. The molecule has 0 bridgehead atoms. The van der Waals surface area contributed by atoms with E-state index in [9.17, 15) is 0 Å². The lowest BCUT2D eigenvalue weighted by molar-refractivity contribution is 0.590. The first-order chi connectivity index (χ1) is 48.3. The predicted octanol–water partition coefficient (Wildman–Crippen LogP) is 28.0. The van der Waals surface area contributed by atoms with Crippen molar-refractivity contribution < 1.29 is 17.7 Å². The molecule has 99 heavy (non-hydrogen) atoms. The van der Waals surface area contributed by atoms with Crippen molar-refractivity contribution in [2.24, 2.45) is 0 Å². The van der Waals surface area contributed by atoms with Crippen LogP contribution in [0.5, 0.6) is 0 Å². The highest BCUT2D eigenvalue weighted by molar-refractivity contribution is 7.26. The van der Waals surface area contributed by atoms with Gasteiger partial charge in [0.05, 0.1) is 5.69 Å². The normalized spacial score (nSPS) is 12.5. The SMILES string of the molecule is CC(C)(C)c1ccc(-c2cccc3c2oc2ccc(N(c4ccc5oc6ccccc6c5c4)c4ccc5c(c4)c4ccccc4c4cc6c(cc54)sc4ccc(N(c5ccc7oc8c(-c9ccc(C(C)(C)C)cc9)cccc8c7c5)c5cccc7c5oc5ccccc57)cc46)cc23)cc1. The molecule has 0 unspecified atom stereocenters. The summed E-state index contributed by atoms with van der Waals surface area (Å²) in [6, 6.07) is 102. The summed E-state index contributed by atoms with van der Waals surface area (Å²) in [5.41, 5.74) is 20.0. The highest BCUT2D eigenvalue weighted by atomic mass is 32.1. The van der Waals surface area contributed by atoms with E-state index in [1.807, 2.05) is 29.5 Å². The number of rotatable bonds is 8. The number of hydrogen-bond acceptors (Lipinski definition) is 7. The minimum absolute atomic E-state index is 0.0521. The third kappa shape index (κ3) is 9.00. The van der Waals surface area contributed by atoms with Gasteiger partial charge in [-0.15, -0.1) is 11.3 Å². The minimum Gasteiger partial charge on any atom is -0.456 e. The van der Waals surface area contributed by atoms with Crippen LogP contribution in [0.3, 0.4) is 0 Å². The molecular weight excluding hydrogens is 1230 g/mol. The van der Waals surface area contributed by atoms with Crippen molar-refractivity contribution in [1.82, 2.24) is 0 Å². The molecular formula is C92H64N2O4S. The van der Waals surface area contributed by atoms with Gasteiger partial charge in [0.2, 0.25) is 0 Å². The van der Waals surface area contributed by atoms with E-state index in [1.165, 1.54) is 63.6 Å². The van der Waals surface area contributed by atoms with E-state index in [2.05, 4.69) is 312 Å². The van der Waals surface area contributed by atoms with E-state index < -0.39 is 0 Å². The van der Waals surface area contributed by atoms with Crippen molar-refractivity contribution in [1.29, 1.82) is 0 Å². The van der Waals surface area contributed by atoms with Crippen molar-refractivity contribution in [3.8, 4) is 22.3 Å². The third-order valence-electron chi connectivity index (χ3n) is 20.8. The van der Waals surface area contributed by atoms with Gasteiger partial charge in [0, 0.05) is 103 Å². The van der Waals surface area contributed by atoms with Gasteiger partial charge in [0.1, 0.15) is 39.1 Å². The van der Waals surface area contributed by atoms with Crippen LogP contribution in [-0.2, 0) is 10.8 Å². The average Bonchev–Trinajstić information content (AvgIpc) is 1.68. The number of para-hydroxylation sites is 5.